The van der Waals surface area contributed by atoms with Gasteiger partial charge in [-0.15, -0.1) is 11.3 Å². The van der Waals surface area contributed by atoms with Crippen molar-refractivity contribution in [3.05, 3.63) is 35.7 Å². The number of fused-ring (bicyclic) bond motifs is 1. The van der Waals surface area contributed by atoms with Crippen molar-refractivity contribution in [1.29, 1.82) is 0 Å². The summed E-state index contributed by atoms with van der Waals surface area (Å²) in [7, 11) is 0. The SMILES string of the molecule is CC(C)(C)C.c1ccc2sccc2c1. The van der Waals surface area contributed by atoms with Crippen LogP contribution in [0.1, 0.15) is 27.7 Å². The Morgan fingerprint density at radius 1 is 0.929 bits per heavy atom. The molecule has 0 amide bonds. The molecule has 0 N–H and O–H groups in total. The van der Waals surface area contributed by atoms with Gasteiger partial charge in [0.25, 0.3) is 0 Å². The summed E-state index contributed by atoms with van der Waals surface area (Å²) in [6.45, 7) is 8.75. The molecular weight excluding hydrogens is 188 g/mol. The number of hydrogen-bond donors (Lipinski definition) is 0. The van der Waals surface area contributed by atoms with Crippen molar-refractivity contribution < 1.29 is 0 Å². The second-order valence-electron chi connectivity index (χ2n) is 4.96. The zero-order valence-electron chi connectivity index (χ0n) is 9.37. The maximum Gasteiger partial charge on any atom is 0.0342 e. The number of rotatable bonds is 0. The van der Waals surface area contributed by atoms with Crippen molar-refractivity contribution in [2.75, 3.05) is 0 Å². The molecule has 0 unspecified atom stereocenters. The molecule has 76 valence electrons. The molecule has 0 aliphatic heterocycles. The van der Waals surface area contributed by atoms with Crippen molar-refractivity contribution in [1.82, 2.24) is 0 Å². The van der Waals surface area contributed by atoms with Gasteiger partial charge >= 0.3 is 0 Å². The lowest BCUT2D eigenvalue weighted by Crippen LogP contribution is -1.93. The fourth-order valence-electron chi connectivity index (χ4n) is 0.906. The van der Waals surface area contributed by atoms with Gasteiger partial charge in [0, 0.05) is 4.70 Å². The van der Waals surface area contributed by atoms with Crippen LogP contribution in [-0.4, -0.2) is 0 Å². The standard InChI is InChI=1S/C8H6S.C5H12/c1-2-4-8-7(3-1)5-6-9-8;1-5(2,3)4/h1-6H;1-4H3. The van der Waals surface area contributed by atoms with Gasteiger partial charge in [-0.05, 0) is 28.3 Å². The zero-order chi connectivity index (χ0) is 10.6. The van der Waals surface area contributed by atoms with Gasteiger partial charge in [-0.3, -0.25) is 0 Å². The van der Waals surface area contributed by atoms with Crippen molar-refractivity contribution in [3.8, 4) is 0 Å². The van der Waals surface area contributed by atoms with E-state index in [9.17, 15) is 0 Å². The third-order valence-corrected chi connectivity index (χ3v) is 2.26. The lowest BCUT2D eigenvalue weighted by molar-refractivity contribution is 0.469. The van der Waals surface area contributed by atoms with Crippen LogP contribution >= 0.6 is 11.3 Å². The Hall–Kier alpha value is -0.820. The molecule has 0 bridgehead atoms. The highest BCUT2D eigenvalue weighted by molar-refractivity contribution is 7.17. The van der Waals surface area contributed by atoms with Gasteiger partial charge in [0.05, 0.1) is 0 Å². The quantitative estimate of drug-likeness (QED) is 0.572. The van der Waals surface area contributed by atoms with Crippen LogP contribution in [-0.2, 0) is 0 Å². The molecule has 0 saturated heterocycles. The first-order chi connectivity index (χ1) is 6.47. The Morgan fingerprint density at radius 2 is 1.50 bits per heavy atom. The maximum absolute atomic E-state index is 2.19. The van der Waals surface area contributed by atoms with E-state index in [1.807, 2.05) is 0 Å². The third kappa shape index (κ3) is 4.43. The average molecular weight is 206 g/mol. The Bertz CT molecular complexity index is 343. The van der Waals surface area contributed by atoms with Gasteiger partial charge in [0.15, 0.2) is 0 Å². The first-order valence-electron chi connectivity index (χ1n) is 4.89. The maximum atomic E-state index is 2.19. The average Bonchev–Trinajstić information content (AvgIpc) is 2.47. The minimum Gasteiger partial charge on any atom is -0.144 e. The summed E-state index contributed by atoms with van der Waals surface area (Å²) in [5, 5.41) is 3.47. The van der Waals surface area contributed by atoms with Crippen LogP contribution in [0.15, 0.2) is 35.7 Å². The molecule has 0 aliphatic carbocycles. The van der Waals surface area contributed by atoms with Crippen LogP contribution < -0.4 is 0 Å². The molecule has 0 saturated carbocycles. The van der Waals surface area contributed by atoms with Crippen LogP contribution in [0, 0.1) is 5.41 Å². The van der Waals surface area contributed by atoms with Crippen LogP contribution in [0.3, 0.4) is 0 Å². The first-order valence-corrected chi connectivity index (χ1v) is 5.77. The summed E-state index contributed by atoms with van der Waals surface area (Å²) in [6.07, 6.45) is 0. The largest absolute Gasteiger partial charge is 0.144 e. The first kappa shape index (κ1) is 11.3. The number of hydrogen-bond acceptors (Lipinski definition) is 1. The minimum atomic E-state index is 0.500. The number of thiophene rings is 1. The molecule has 14 heavy (non-hydrogen) atoms. The van der Waals surface area contributed by atoms with Crippen LogP contribution in [0.4, 0.5) is 0 Å². The molecule has 2 rings (SSSR count). The smallest absolute Gasteiger partial charge is 0.0342 e. The predicted octanol–water partition coefficient (Wildman–Crippen LogP) is 4.95. The molecular formula is C13H18S. The highest BCUT2D eigenvalue weighted by Crippen LogP contribution is 2.18. The molecule has 1 heterocycles. The van der Waals surface area contributed by atoms with Crippen LogP contribution in [0.25, 0.3) is 10.1 Å². The van der Waals surface area contributed by atoms with Crippen molar-refractivity contribution in [2.24, 2.45) is 5.41 Å². The molecule has 0 spiro atoms. The monoisotopic (exact) mass is 206 g/mol. The van der Waals surface area contributed by atoms with E-state index < -0.39 is 0 Å². The summed E-state index contributed by atoms with van der Waals surface area (Å²) < 4.78 is 1.37. The predicted molar refractivity (Wildman–Crippen MR) is 67.0 cm³/mol. The van der Waals surface area contributed by atoms with Crippen LogP contribution in [0.5, 0.6) is 0 Å². The Kier molecular flexibility index (Phi) is 3.70. The van der Waals surface area contributed by atoms with Gasteiger partial charge in [0.1, 0.15) is 0 Å². The van der Waals surface area contributed by atoms with Gasteiger partial charge < -0.3 is 0 Å². The second kappa shape index (κ2) is 4.61. The summed E-state index contributed by atoms with van der Waals surface area (Å²) in [5.41, 5.74) is 0.500. The highest BCUT2D eigenvalue weighted by atomic mass is 32.1. The summed E-state index contributed by atoms with van der Waals surface area (Å²) in [6, 6.07) is 10.5. The fourth-order valence-corrected chi connectivity index (χ4v) is 1.70. The molecule has 0 aliphatic rings. The topological polar surface area (TPSA) is 0 Å². The lowest BCUT2D eigenvalue weighted by atomic mass is 10.0. The molecule has 0 fully saturated rings. The third-order valence-electron chi connectivity index (χ3n) is 1.36. The van der Waals surface area contributed by atoms with E-state index in [0.29, 0.717) is 5.41 Å². The summed E-state index contributed by atoms with van der Waals surface area (Å²) >= 11 is 1.79. The van der Waals surface area contributed by atoms with Gasteiger partial charge in [0.2, 0.25) is 0 Å². The normalized spacial score (nSPS) is 10.9. The van der Waals surface area contributed by atoms with E-state index in [1.54, 1.807) is 11.3 Å². The Balaban J connectivity index is 0.000000171. The molecule has 1 aromatic carbocycles. The van der Waals surface area contributed by atoms with Crippen LogP contribution in [0.2, 0.25) is 0 Å². The molecule has 1 heteroatoms. The van der Waals surface area contributed by atoms with E-state index in [-0.39, 0.29) is 0 Å². The van der Waals surface area contributed by atoms with E-state index in [4.69, 9.17) is 0 Å². The Morgan fingerprint density at radius 3 is 2.07 bits per heavy atom. The molecule has 0 atom stereocenters. The van der Waals surface area contributed by atoms with E-state index in [1.165, 1.54) is 10.1 Å². The zero-order valence-corrected chi connectivity index (χ0v) is 10.2. The van der Waals surface area contributed by atoms with Gasteiger partial charge in [-0.1, -0.05) is 45.9 Å². The van der Waals surface area contributed by atoms with Gasteiger partial charge in [-0.2, -0.15) is 0 Å². The molecule has 0 nitrogen and oxygen atoms in total. The number of benzene rings is 1. The van der Waals surface area contributed by atoms with E-state index in [0.717, 1.165) is 0 Å². The molecule has 1 aromatic heterocycles. The summed E-state index contributed by atoms with van der Waals surface area (Å²) in [5.74, 6) is 0. The van der Waals surface area contributed by atoms with Gasteiger partial charge in [-0.25, -0.2) is 0 Å². The van der Waals surface area contributed by atoms with Crippen molar-refractivity contribution >= 4 is 21.4 Å². The lowest BCUT2D eigenvalue weighted by Gasteiger charge is -2.05. The molecule has 2 aromatic rings. The van der Waals surface area contributed by atoms with E-state index >= 15 is 0 Å². The Labute approximate surface area is 90.6 Å². The second-order valence-corrected chi connectivity index (χ2v) is 5.91. The van der Waals surface area contributed by atoms with E-state index in [2.05, 4.69) is 63.4 Å². The van der Waals surface area contributed by atoms with Crippen molar-refractivity contribution in [3.63, 3.8) is 0 Å². The summed E-state index contributed by atoms with van der Waals surface area (Å²) in [4.78, 5) is 0. The van der Waals surface area contributed by atoms with Crippen molar-refractivity contribution in [2.45, 2.75) is 27.7 Å². The highest BCUT2D eigenvalue weighted by Gasteiger charge is 1.95. The molecule has 0 radical (unpaired) electrons. The fraction of sp³-hybridized carbons (Fsp3) is 0.385. The minimum absolute atomic E-state index is 0.500.